The first kappa shape index (κ1) is 20.4. The predicted octanol–water partition coefficient (Wildman–Crippen LogP) is 5.81. The van der Waals surface area contributed by atoms with E-state index in [0.717, 1.165) is 5.56 Å². The lowest BCUT2D eigenvalue weighted by Gasteiger charge is -2.13. The van der Waals surface area contributed by atoms with Crippen molar-refractivity contribution in [2.75, 3.05) is 13.7 Å². The first-order valence-corrected chi connectivity index (χ1v) is 8.87. The Kier molecular flexibility index (Phi) is 7.64. The standard InChI is InChI=1S/C19H17Cl3O4/c1-3-25-18(23)7-5-12-8-16(22)19(17(10-12)24-2)26-11-13-4-6-14(20)15(21)9-13/h4-10H,3,11H2,1-2H3/b7-5+. The predicted molar refractivity (Wildman–Crippen MR) is 104 cm³/mol. The SMILES string of the molecule is CCOC(=O)/C=C/c1cc(Cl)c(OCc2ccc(Cl)c(Cl)c2)c(OC)c1. The molecule has 0 spiro atoms. The van der Waals surface area contributed by atoms with Gasteiger partial charge in [-0.15, -0.1) is 0 Å². The third-order valence-electron chi connectivity index (χ3n) is 3.32. The van der Waals surface area contributed by atoms with E-state index in [1.165, 1.54) is 13.2 Å². The van der Waals surface area contributed by atoms with E-state index in [4.69, 9.17) is 49.0 Å². The molecule has 0 saturated heterocycles. The highest BCUT2D eigenvalue weighted by molar-refractivity contribution is 6.42. The molecule has 2 aromatic rings. The van der Waals surface area contributed by atoms with Crippen LogP contribution < -0.4 is 9.47 Å². The van der Waals surface area contributed by atoms with Gasteiger partial charge in [-0.3, -0.25) is 0 Å². The normalized spacial score (nSPS) is 10.8. The molecule has 0 N–H and O–H groups in total. The van der Waals surface area contributed by atoms with Crippen molar-refractivity contribution in [1.82, 2.24) is 0 Å². The van der Waals surface area contributed by atoms with Gasteiger partial charge in [-0.05, 0) is 48.4 Å². The zero-order chi connectivity index (χ0) is 19.1. The molecule has 138 valence electrons. The van der Waals surface area contributed by atoms with E-state index in [-0.39, 0.29) is 6.61 Å². The summed E-state index contributed by atoms with van der Waals surface area (Å²) >= 11 is 18.2. The van der Waals surface area contributed by atoms with Gasteiger partial charge in [0.25, 0.3) is 0 Å². The summed E-state index contributed by atoms with van der Waals surface area (Å²) in [5.74, 6) is 0.414. The number of benzene rings is 2. The summed E-state index contributed by atoms with van der Waals surface area (Å²) in [6, 6.07) is 8.62. The number of hydrogen-bond donors (Lipinski definition) is 0. The minimum absolute atomic E-state index is 0.241. The van der Waals surface area contributed by atoms with Crippen LogP contribution >= 0.6 is 34.8 Å². The lowest BCUT2D eigenvalue weighted by atomic mass is 10.2. The number of esters is 1. The Morgan fingerprint density at radius 2 is 1.85 bits per heavy atom. The van der Waals surface area contributed by atoms with Crippen molar-refractivity contribution >= 4 is 46.8 Å². The maximum atomic E-state index is 11.4. The van der Waals surface area contributed by atoms with Crippen LogP contribution in [0.3, 0.4) is 0 Å². The van der Waals surface area contributed by atoms with Crippen LogP contribution in [0.5, 0.6) is 11.5 Å². The van der Waals surface area contributed by atoms with E-state index in [0.29, 0.717) is 38.7 Å². The van der Waals surface area contributed by atoms with E-state index < -0.39 is 5.97 Å². The van der Waals surface area contributed by atoms with Crippen LogP contribution in [0.25, 0.3) is 6.08 Å². The summed E-state index contributed by atoms with van der Waals surface area (Å²) in [7, 11) is 1.51. The second kappa shape index (κ2) is 9.72. The zero-order valence-electron chi connectivity index (χ0n) is 14.2. The molecule has 0 aliphatic carbocycles. The van der Waals surface area contributed by atoms with Crippen LogP contribution in [0.4, 0.5) is 0 Å². The summed E-state index contributed by atoms with van der Waals surface area (Å²) < 4.78 is 16.0. The van der Waals surface area contributed by atoms with Crippen molar-refractivity contribution in [3.05, 3.63) is 62.6 Å². The Bertz CT molecular complexity index is 819. The maximum Gasteiger partial charge on any atom is 0.330 e. The molecule has 4 nitrogen and oxygen atoms in total. The van der Waals surface area contributed by atoms with Crippen LogP contribution in [0.2, 0.25) is 15.1 Å². The molecule has 0 amide bonds. The van der Waals surface area contributed by atoms with Gasteiger partial charge in [0.1, 0.15) is 6.61 Å². The monoisotopic (exact) mass is 414 g/mol. The number of carbonyl (C=O) groups excluding carboxylic acids is 1. The lowest BCUT2D eigenvalue weighted by Crippen LogP contribution is -2.00. The quantitative estimate of drug-likeness (QED) is 0.423. The third-order valence-corrected chi connectivity index (χ3v) is 4.34. The largest absolute Gasteiger partial charge is 0.493 e. The Labute approximate surface area is 167 Å². The highest BCUT2D eigenvalue weighted by atomic mass is 35.5. The van der Waals surface area contributed by atoms with Crippen molar-refractivity contribution in [3.63, 3.8) is 0 Å². The summed E-state index contributed by atoms with van der Waals surface area (Å²) in [4.78, 5) is 11.4. The first-order valence-electron chi connectivity index (χ1n) is 7.73. The Morgan fingerprint density at radius 1 is 1.08 bits per heavy atom. The molecule has 2 aromatic carbocycles. The lowest BCUT2D eigenvalue weighted by molar-refractivity contribution is -0.137. The van der Waals surface area contributed by atoms with Gasteiger partial charge in [-0.25, -0.2) is 4.79 Å². The number of halogens is 3. The van der Waals surface area contributed by atoms with Gasteiger partial charge in [-0.2, -0.15) is 0 Å². The molecule has 0 unspecified atom stereocenters. The van der Waals surface area contributed by atoms with Crippen LogP contribution in [0.1, 0.15) is 18.1 Å². The smallest absolute Gasteiger partial charge is 0.330 e. The van der Waals surface area contributed by atoms with Crippen LogP contribution in [0.15, 0.2) is 36.4 Å². The van der Waals surface area contributed by atoms with E-state index in [1.54, 1.807) is 37.3 Å². The molecule has 0 fully saturated rings. The van der Waals surface area contributed by atoms with Gasteiger partial charge in [-0.1, -0.05) is 40.9 Å². The van der Waals surface area contributed by atoms with Gasteiger partial charge in [0.15, 0.2) is 11.5 Å². The first-order chi connectivity index (χ1) is 12.4. The minimum atomic E-state index is -0.428. The number of carbonyl (C=O) groups is 1. The third kappa shape index (κ3) is 5.56. The van der Waals surface area contributed by atoms with Crippen molar-refractivity contribution in [2.24, 2.45) is 0 Å². The fourth-order valence-electron chi connectivity index (χ4n) is 2.12. The van der Waals surface area contributed by atoms with E-state index >= 15 is 0 Å². The Hall–Kier alpha value is -1.88. The number of hydrogen-bond acceptors (Lipinski definition) is 4. The second-order valence-electron chi connectivity index (χ2n) is 5.16. The molecule has 0 aliphatic heterocycles. The molecule has 0 aliphatic rings. The molecular formula is C19H17Cl3O4. The van der Waals surface area contributed by atoms with Crippen molar-refractivity contribution in [1.29, 1.82) is 0 Å². The molecule has 2 rings (SSSR count). The topological polar surface area (TPSA) is 44.8 Å². The van der Waals surface area contributed by atoms with Gasteiger partial charge < -0.3 is 14.2 Å². The van der Waals surface area contributed by atoms with Gasteiger partial charge in [0.2, 0.25) is 0 Å². The Balaban J connectivity index is 2.18. The Morgan fingerprint density at radius 3 is 2.50 bits per heavy atom. The van der Waals surface area contributed by atoms with E-state index in [1.807, 2.05) is 6.07 Å². The molecule has 0 radical (unpaired) electrons. The van der Waals surface area contributed by atoms with Crippen molar-refractivity contribution < 1.29 is 19.0 Å². The van der Waals surface area contributed by atoms with Crippen LogP contribution in [-0.2, 0) is 16.1 Å². The van der Waals surface area contributed by atoms with E-state index in [2.05, 4.69) is 0 Å². The highest BCUT2D eigenvalue weighted by Gasteiger charge is 2.12. The highest BCUT2D eigenvalue weighted by Crippen LogP contribution is 2.37. The second-order valence-corrected chi connectivity index (χ2v) is 6.38. The molecule has 0 bridgehead atoms. The average molecular weight is 416 g/mol. The summed E-state index contributed by atoms with van der Waals surface area (Å²) in [6.07, 6.45) is 2.92. The summed E-state index contributed by atoms with van der Waals surface area (Å²) in [5, 5.41) is 1.28. The summed E-state index contributed by atoms with van der Waals surface area (Å²) in [5.41, 5.74) is 1.52. The number of ether oxygens (including phenoxy) is 3. The average Bonchev–Trinajstić information content (AvgIpc) is 2.61. The van der Waals surface area contributed by atoms with Crippen LogP contribution in [0, 0.1) is 0 Å². The zero-order valence-corrected chi connectivity index (χ0v) is 16.5. The molecular weight excluding hydrogens is 399 g/mol. The number of methoxy groups -OCH3 is 1. The molecule has 0 atom stereocenters. The fraction of sp³-hybridized carbons (Fsp3) is 0.211. The molecule has 0 aromatic heterocycles. The van der Waals surface area contributed by atoms with Gasteiger partial charge >= 0.3 is 5.97 Å². The summed E-state index contributed by atoms with van der Waals surface area (Å²) in [6.45, 7) is 2.30. The van der Waals surface area contributed by atoms with Gasteiger partial charge in [0.05, 0.1) is 28.8 Å². The molecule has 7 heteroatoms. The van der Waals surface area contributed by atoms with E-state index in [9.17, 15) is 4.79 Å². The van der Waals surface area contributed by atoms with Crippen LogP contribution in [-0.4, -0.2) is 19.7 Å². The molecule has 0 heterocycles. The molecule has 26 heavy (non-hydrogen) atoms. The number of rotatable bonds is 7. The molecule has 0 saturated carbocycles. The van der Waals surface area contributed by atoms with Crippen molar-refractivity contribution in [3.8, 4) is 11.5 Å². The fourth-order valence-corrected chi connectivity index (χ4v) is 2.71. The minimum Gasteiger partial charge on any atom is -0.493 e. The van der Waals surface area contributed by atoms with Gasteiger partial charge in [0, 0.05) is 6.08 Å². The van der Waals surface area contributed by atoms with Crippen molar-refractivity contribution in [2.45, 2.75) is 13.5 Å². The maximum absolute atomic E-state index is 11.4.